The van der Waals surface area contributed by atoms with E-state index in [1.807, 2.05) is 18.5 Å². The van der Waals surface area contributed by atoms with Crippen LogP contribution < -0.4 is 5.32 Å². The van der Waals surface area contributed by atoms with Crippen molar-refractivity contribution in [1.29, 1.82) is 0 Å². The zero-order valence-electron chi connectivity index (χ0n) is 11.2. The molecule has 20 heavy (non-hydrogen) atoms. The minimum absolute atomic E-state index is 0.813. The quantitative estimate of drug-likeness (QED) is 0.739. The Morgan fingerprint density at radius 3 is 2.80 bits per heavy atom. The van der Waals surface area contributed by atoms with Crippen LogP contribution in [0.25, 0.3) is 10.8 Å². The predicted octanol–water partition coefficient (Wildman–Crippen LogP) is 4.92. The number of benzene rings is 2. The molecule has 0 fully saturated rings. The van der Waals surface area contributed by atoms with Crippen molar-refractivity contribution in [3.05, 3.63) is 70.5 Å². The van der Waals surface area contributed by atoms with Crippen LogP contribution in [0.3, 0.4) is 0 Å². The lowest BCUT2D eigenvalue weighted by Gasteiger charge is -2.09. The number of nitrogens with zero attached hydrogens (tertiary/aromatic N) is 1. The number of aromatic nitrogens is 1. The zero-order chi connectivity index (χ0) is 13.9. The molecule has 0 amide bonds. The summed E-state index contributed by atoms with van der Waals surface area (Å²) in [5.41, 5.74) is 3.63. The Bertz CT molecular complexity index is 753. The lowest BCUT2D eigenvalue weighted by Crippen LogP contribution is -1.99. The largest absolute Gasteiger partial charge is 0.381 e. The second-order valence-electron chi connectivity index (χ2n) is 4.87. The van der Waals surface area contributed by atoms with Crippen molar-refractivity contribution in [2.75, 3.05) is 5.32 Å². The van der Waals surface area contributed by atoms with Crippen LogP contribution in [0.4, 0.5) is 5.69 Å². The molecule has 0 aliphatic rings. The highest BCUT2D eigenvalue weighted by Gasteiger charge is 1.99. The van der Waals surface area contributed by atoms with Gasteiger partial charge in [0.25, 0.3) is 0 Å². The topological polar surface area (TPSA) is 24.9 Å². The van der Waals surface area contributed by atoms with E-state index in [0.29, 0.717) is 0 Å². The smallest absolute Gasteiger partial charge is 0.0401 e. The number of fused-ring (bicyclic) bond motifs is 1. The molecule has 0 spiro atoms. The van der Waals surface area contributed by atoms with Crippen molar-refractivity contribution < 1.29 is 0 Å². The maximum Gasteiger partial charge on any atom is 0.0401 e. The summed E-state index contributed by atoms with van der Waals surface area (Å²) in [6.07, 6.45) is 3.72. The molecular formula is C17H15BrN2. The SMILES string of the molecule is Cc1ccc(NCc2ccc3cnccc3c2)cc1Br. The molecule has 3 rings (SSSR count). The summed E-state index contributed by atoms with van der Waals surface area (Å²) >= 11 is 3.56. The van der Waals surface area contributed by atoms with Crippen molar-refractivity contribution in [2.24, 2.45) is 0 Å². The number of pyridine rings is 1. The molecular weight excluding hydrogens is 312 g/mol. The van der Waals surface area contributed by atoms with Crippen molar-refractivity contribution in [2.45, 2.75) is 13.5 Å². The fourth-order valence-corrected chi connectivity index (χ4v) is 2.53. The van der Waals surface area contributed by atoms with E-state index in [4.69, 9.17) is 0 Å². The standard InChI is InChI=1S/C17H15BrN2/c1-12-2-5-16(9-17(12)18)20-10-13-3-4-15-11-19-7-6-14(15)8-13/h2-9,11,20H,10H2,1H3. The number of rotatable bonds is 3. The first kappa shape index (κ1) is 13.1. The van der Waals surface area contributed by atoms with Crippen LogP contribution in [-0.2, 0) is 6.54 Å². The zero-order valence-corrected chi connectivity index (χ0v) is 12.8. The normalized spacial score (nSPS) is 10.7. The van der Waals surface area contributed by atoms with E-state index in [1.54, 1.807) is 0 Å². The average Bonchev–Trinajstić information content (AvgIpc) is 2.48. The summed E-state index contributed by atoms with van der Waals surface area (Å²) in [5, 5.41) is 5.85. The average molecular weight is 327 g/mol. The molecule has 0 saturated heterocycles. The van der Waals surface area contributed by atoms with E-state index >= 15 is 0 Å². The molecule has 0 unspecified atom stereocenters. The third kappa shape index (κ3) is 2.83. The second-order valence-corrected chi connectivity index (χ2v) is 5.73. The van der Waals surface area contributed by atoms with Gasteiger partial charge >= 0.3 is 0 Å². The molecule has 3 aromatic rings. The Hall–Kier alpha value is -1.87. The number of aryl methyl sites for hydroxylation is 1. The first-order chi connectivity index (χ1) is 9.72. The maximum atomic E-state index is 4.13. The summed E-state index contributed by atoms with van der Waals surface area (Å²) in [4.78, 5) is 4.13. The molecule has 0 aliphatic heterocycles. The summed E-state index contributed by atoms with van der Waals surface area (Å²) in [7, 11) is 0. The monoisotopic (exact) mass is 326 g/mol. The van der Waals surface area contributed by atoms with Crippen molar-refractivity contribution in [3.63, 3.8) is 0 Å². The highest BCUT2D eigenvalue weighted by atomic mass is 79.9. The third-order valence-electron chi connectivity index (χ3n) is 3.37. The molecule has 0 saturated carbocycles. The van der Waals surface area contributed by atoms with Crippen LogP contribution in [0.1, 0.15) is 11.1 Å². The van der Waals surface area contributed by atoms with Crippen LogP contribution in [0.5, 0.6) is 0 Å². The van der Waals surface area contributed by atoms with E-state index in [0.717, 1.165) is 16.7 Å². The summed E-state index contributed by atoms with van der Waals surface area (Å²) in [6, 6.07) is 14.8. The van der Waals surface area contributed by atoms with Gasteiger partial charge in [-0.2, -0.15) is 0 Å². The van der Waals surface area contributed by atoms with Gasteiger partial charge in [0, 0.05) is 34.5 Å². The molecule has 0 atom stereocenters. The molecule has 100 valence electrons. The Morgan fingerprint density at radius 2 is 1.95 bits per heavy atom. The van der Waals surface area contributed by atoms with Crippen LogP contribution in [0, 0.1) is 6.92 Å². The fraction of sp³-hybridized carbons (Fsp3) is 0.118. The lowest BCUT2D eigenvalue weighted by atomic mass is 10.1. The molecule has 2 aromatic carbocycles. The summed E-state index contributed by atoms with van der Waals surface area (Å²) in [5.74, 6) is 0. The molecule has 1 N–H and O–H groups in total. The molecule has 0 aliphatic carbocycles. The number of hydrogen-bond acceptors (Lipinski definition) is 2. The number of hydrogen-bond donors (Lipinski definition) is 1. The van der Waals surface area contributed by atoms with Crippen molar-refractivity contribution in [1.82, 2.24) is 4.98 Å². The van der Waals surface area contributed by atoms with Gasteiger partial charge in [-0.1, -0.05) is 34.1 Å². The number of halogens is 1. The minimum Gasteiger partial charge on any atom is -0.381 e. The van der Waals surface area contributed by atoms with E-state index < -0.39 is 0 Å². The van der Waals surface area contributed by atoms with Crippen LogP contribution in [-0.4, -0.2) is 4.98 Å². The summed E-state index contributed by atoms with van der Waals surface area (Å²) < 4.78 is 1.13. The highest BCUT2D eigenvalue weighted by molar-refractivity contribution is 9.10. The predicted molar refractivity (Wildman–Crippen MR) is 87.9 cm³/mol. The van der Waals surface area contributed by atoms with Crippen molar-refractivity contribution in [3.8, 4) is 0 Å². The Morgan fingerprint density at radius 1 is 1.05 bits per heavy atom. The fourth-order valence-electron chi connectivity index (χ4n) is 2.15. The molecule has 0 radical (unpaired) electrons. The number of nitrogens with one attached hydrogen (secondary N) is 1. The van der Waals surface area contributed by atoms with E-state index in [1.165, 1.54) is 21.9 Å². The first-order valence-corrected chi connectivity index (χ1v) is 7.34. The van der Waals surface area contributed by atoms with Crippen LogP contribution in [0.2, 0.25) is 0 Å². The molecule has 2 nitrogen and oxygen atoms in total. The molecule has 3 heteroatoms. The highest BCUT2D eigenvalue weighted by Crippen LogP contribution is 2.21. The van der Waals surface area contributed by atoms with E-state index in [-0.39, 0.29) is 0 Å². The molecule has 0 bridgehead atoms. The second kappa shape index (κ2) is 5.63. The van der Waals surface area contributed by atoms with Crippen molar-refractivity contribution >= 4 is 32.4 Å². The van der Waals surface area contributed by atoms with Gasteiger partial charge in [-0.15, -0.1) is 0 Å². The minimum atomic E-state index is 0.813. The number of anilines is 1. The van der Waals surface area contributed by atoms with Gasteiger partial charge < -0.3 is 5.32 Å². The molecule has 1 heterocycles. The Balaban J connectivity index is 1.77. The van der Waals surface area contributed by atoms with E-state index in [2.05, 4.69) is 69.6 Å². The lowest BCUT2D eigenvalue weighted by molar-refractivity contribution is 1.15. The maximum absolute atomic E-state index is 4.13. The van der Waals surface area contributed by atoms with Crippen LogP contribution >= 0.6 is 15.9 Å². The molecule has 1 aromatic heterocycles. The van der Waals surface area contributed by atoms with Gasteiger partial charge in [0.05, 0.1) is 0 Å². The van der Waals surface area contributed by atoms with Crippen LogP contribution in [0.15, 0.2) is 59.3 Å². The van der Waals surface area contributed by atoms with E-state index in [9.17, 15) is 0 Å². The van der Waals surface area contributed by atoms with Gasteiger partial charge in [-0.25, -0.2) is 0 Å². The van der Waals surface area contributed by atoms with Gasteiger partial charge in [-0.3, -0.25) is 4.98 Å². The Kier molecular flexibility index (Phi) is 3.70. The van der Waals surface area contributed by atoms with Gasteiger partial charge in [-0.05, 0) is 47.7 Å². The van der Waals surface area contributed by atoms with Gasteiger partial charge in [0.1, 0.15) is 0 Å². The summed E-state index contributed by atoms with van der Waals surface area (Å²) in [6.45, 7) is 2.90. The first-order valence-electron chi connectivity index (χ1n) is 6.55. The Labute approximate surface area is 127 Å². The van der Waals surface area contributed by atoms with Gasteiger partial charge in [0.2, 0.25) is 0 Å². The van der Waals surface area contributed by atoms with Gasteiger partial charge in [0.15, 0.2) is 0 Å². The third-order valence-corrected chi connectivity index (χ3v) is 4.23.